The van der Waals surface area contributed by atoms with E-state index in [1.54, 1.807) is 0 Å². The maximum Gasteiger partial charge on any atom is 0.133 e. The molecule has 0 aromatic carbocycles. The molecule has 2 heteroatoms. The Labute approximate surface area is 61.2 Å². The minimum absolute atomic E-state index is 0.657. The fourth-order valence-corrected chi connectivity index (χ4v) is 0.932. The summed E-state index contributed by atoms with van der Waals surface area (Å²) in [6.45, 7) is 6.25. The minimum atomic E-state index is 0.657. The van der Waals surface area contributed by atoms with Crippen molar-refractivity contribution in [3.63, 3.8) is 0 Å². The highest BCUT2D eigenvalue weighted by Crippen LogP contribution is 2.07. The van der Waals surface area contributed by atoms with Crippen molar-refractivity contribution in [1.82, 2.24) is 5.16 Å². The second-order valence-corrected chi connectivity index (χ2v) is 3.03. The van der Waals surface area contributed by atoms with Crippen molar-refractivity contribution in [2.24, 2.45) is 5.92 Å². The molecule has 0 N–H and O–H groups in total. The van der Waals surface area contributed by atoms with E-state index in [9.17, 15) is 0 Å². The summed E-state index contributed by atoms with van der Waals surface area (Å²) >= 11 is 0. The van der Waals surface area contributed by atoms with Crippen LogP contribution in [0.5, 0.6) is 0 Å². The van der Waals surface area contributed by atoms with Crippen LogP contribution in [-0.2, 0) is 6.42 Å². The van der Waals surface area contributed by atoms with Gasteiger partial charge in [-0.3, -0.25) is 0 Å². The van der Waals surface area contributed by atoms with Crippen LogP contribution >= 0.6 is 0 Å². The molecule has 0 atom stereocenters. The monoisotopic (exact) mass is 139 g/mol. The number of nitrogens with zero attached hydrogens (tertiary/aromatic N) is 1. The van der Waals surface area contributed by atoms with E-state index in [1.807, 2.05) is 13.0 Å². The van der Waals surface area contributed by atoms with Crippen molar-refractivity contribution in [3.05, 3.63) is 17.5 Å². The smallest absolute Gasteiger partial charge is 0.133 e. The van der Waals surface area contributed by atoms with E-state index < -0.39 is 0 Å². The lowest BCUT2D eigenvalue weighted by Gasteiger charge is -1.96. The molecule has 2 nitrogen and oxygen atoms in total. The Hall–Kier alpha value is -0.790. The van der Waals surface area contributed by atoms with Gasteiger partial charge in [-0.15, -0.1) is 0 Å². The highest BCUT2D eigenvalue weighted by molar-refractivity contribution is 5.03. The summed E-state index contributed by atoms with van der Waals surface area (Å²) in [5.41, 5.74) is 1.06. The molecule has 0 aliphatic carbocycles. The molecular formula is C8H13NO. The van der Waals surface area contributed by atoms with Crippen LogP contribution in [-0.4, -0.2) is 5.16 Å². The fraction of sp³-hybridized carbons (Fsp3) is 0.625. The van der Waals surface area contributed by atoms with E-state index >= 15 is 0 Å². The predicted molar refractivity (Wildman–Crippen MR) is 39.8 cm³/mol. The first-order valence-corrected chi connectivity index (χ1v) is 3.60. The average molecular weight is 139 g/mol. The van der Waals surface area contributed by atoms with E-state index in [-0.39, 0.29) is 0 Å². The molecule has 0 radical (unpaired) electrons. The number of aromatic nitrogens is 1. The lowest BCUT2D eigenvalue weighted by molar-refractivity contribution is 0.387. The fourth-order valence-electron chi connectivity index (χ4n) is 0.932. The second-order valence-electron chi connectivity index (χ2n) is 3.03. The van der Waals surface area contributed by atoms with Crippen molar-refractivity contribution in [2.75, 3.05) is 0 Å². The molecular weight excluding hydrogens is 126 g/mol. The Morgan fingerprint density at radius 1 is 1.60 bits per heavy atom. The third-order valence-corrected chi connectivity index (χ3v) is 1.29. The van der Waals surface area contributed by atoms with Crippen molar-refractivity contribution in [1.29, 1.82) is 0 Å². The van der Waals surface area contributed by atoms with Gasteiger partial charge < -0.3 is 4.52 Å². The van der Waals surface area contributed by atoms with Crippen molar-refractivity contribution >= 4 is 0 Å². The number of rotatable bonds is 2. The Balaban J connectivity index is 2.58. The first-order chi connectivity index (χ1) is 4.68. The number of hydrogen-bond donors (Lipinski definition) is 0. The van der Waals surface area contributed by atoms with Crippen molar-refractivity contribution in [3.8, 4) is 0 Å². The molecule has 0 fully saturated rings. The molecule has 0 spiro atoms. The molecule has 10 heavy (non-hydrogen) atoms. The lowest BCUT2D eigenvalue weighted by atomic mass is 10.1. The van der Waals surface area contributed by atoms with E-state index in [1.165, 1.54) is 0 Å². The van der Waals surface area contributed by atoms with Gasteiger partial charge in [0, 0.05) is 6.07 Å². The summed E-state index contributed by atoms with van der Waals surface area (Å²) in [5.74, 6) is 1.56. The summed E-state index contributed by atoms with van der Waals surface area (Å²) < 4.78 is 4.92. The molecule has 56 valence electrons. The maximum absolute atomic E-state index is 4.92. The van der Waals surface area contributed by atoms with Crippen LogP contribution in [0.4, 0.5) is 0 Å². The quantitative estimate of drug-likeness (QED) is 0.627. The normalized spacial score (nSPS) is 10.8. The third kappa shape index (κ3) is 1.87. The van der Waals surface area contributed by atoms with Gasteiger partial charge in [-0.1, -0.05) is 19.0 Å². The third-order valence-electron chi connectivity index (χ3n) is 1.29. The number of aryl methyl sites for hydroxylation is 1. The Morgan fingerprint density at radius 2 is 2.30 bits per heavy atom. The summed E-state index contributed by atoms with van der Waals surface area (Å²) in [7, 11) is 0. The van der Waals surface area contributed by atoms with Crippen LogP contribution in [0.3, 0.4) is 0 Å². The summed E-state index contributed by atoms with van der Waals surface area (Å²) in [5, 5.41) is 3.88. The van der Waals surface area contributed by atoms with Gasteiger partial charge >= 0.3 is 0 Å². The largest absolute Gasteiger partial charge is 0.361 e. The lowest BCUT2D eigenvalue weighted by Crippen LogP contribution is -1.92. The van der Waals surface area contributed by atoms with Gasteiger partial charge in [0.05, 0.1) is 5.69 Å². The molecule has 0 bridgehead atoms. The second kappa shape index (κ2) is 2.86. The zero-order valence-electron chi connectivity index (χ0n) is 6.72. The molecule has 0 saturated heterocycles. The average Bonchev–Trinajstić information content (AvgIpc) is 2.13. The first kappa shape index (κ1) is 7.32. The van der Waals surface area contributed by atoms with E-state index in [4.69, 9.17) is 4.52 Å². The van der Waals surface area contributed by atoms with Crippen LogP contribution in [0.15, 0.2) is 10.6 Å². The standard InChI is InChI=1S/C8H13NO/c1-6(2)4-8-5-7(3)10-9-8/h5-6H,4H2,1-3H3. The summed E-state index contributed by atoms with van der Waals surface area (Å²) in [4.78, 5) is 0. The van der Waals surface area contributed by atoms with Crippen LogP contribution in [0.2, 0.25) is 0 Å². The topological polar surface area (TPSA) is 26.0 Å². The molecule has 1 rings (SSSR count). The summed E-state index contributed by atoms with van der Waals surface area (Å²) in [6, 6.07) is 1.99. The molecule has 0 amide bonds. The zero-order chi connectivity index (χ0) is 7.56. The van der Waals surface area contributed by atoms with Crippen LogP contribution < -0.4 is 0 Å². The van der Waals surface area contributed by atoms with E-state index in [0.717, 1.165) is 17.9 Å². The van der Waals surface area contributed by atoms with Gasteiger partial charge in [0.25, 0.3) is 0 Å². The highest BCUT2D eigenvalue weighted by Gasteiger charge is 2.01. The molecule has 0 aliphatic rings. The molecule has 1 heterocycles. The zero-order valence-corrected chi connectivity index (χ0v) is 6.72. The van der Waals surface area contributed by atoms with Crippen LogP contribution in [0.1, 0.15) is 25.3 Å². The van der Waals surface area contributed by atoms with Crippen molar-refractivity contribution < 1.29 is 4.52 Å². The Kier molecular flexibility index (Phi) is 2.10. The first-order valence-electron chi connectivity index (χ1n) is 3.60. The van der Waals surface area contributed by atoms with Gasteiger partial charge in [-0.25, -0.2) is 0 Å². The maximum atomic E-state index is 4.92. The summed E-state index contributed by atoms with van der Waals surface area (Å²) in [6.07, 6.45) is 1.01. The molecule has 0 saturated carbocycles. The predicted octanol–water partition coefficient (Wildman–Crippen LogP) is 2.18. The van der Waals surface area contributed by atoms with Gasteiger partial charge in [0.15, 0.2) is 0 Å². The highest BCUT2D eigenvalue weighted by atomic mass is 16.5. The SMILES string of the molecule is Cc1cc(CC(C)C)no1. The molecule has 1 aromatic rings. The molecule has 0 aliphatic heterocycles. The van der Waals surface area contributed by atoms with Gasteiger partial charge in [0.1, 0.15) is 5.76 Å². The van der Waals surface area contributed by atoms with E-state index in [2.05, 4.69) is 19.0 Å². The van der Waals surface area contributed by atoms with Crippen molar-refractivity contribution in [2.45, 2.75) is 27.2 Å². The Morgan fingerprint density at radius 3 is 2.70 bits per heavy atom. The minimum Gasteiger partial charge on any atom is -0.361 e. The van der Waals surface area contributed by atoms with Gasteiger partial charge in [-0.2, -0.15) is 0 Å². The molecule has 1 aromatic heterocycles. The van der Waals surface area contributed by atoms with E-state index in [0.29, 0.717) is 5.92 Å². The molecule has 0 unspecified atom stereocenters. The van der Waals surface area contributed by atoms with Gasteiger partial charge in [0.2, 0.25) is 0 Å². The van der Waals surface area contributed by atoms with Crippen LogP contribution in [0.25, 0.3) is 0 Å². The number of hydrogen-bond acceptors (Lipinski definition) is 2. The van der Waals surface area contributed by atoms with Crippen LogP contribution in [0, 0.1) is 12.8 Å². The van der Waals surface area contributed by atoms with Gasteiger partial charge in [-0.05, 0) is 19.3 Å². The Bertz CT molecular complexity index is 203.